The van der Waals surface area contributed by atoms with Crippen LogP contribution in [0.4, 0.5) is 0 Å². The van der Waals surface area contributed by atoms with Gasteiger partial charge >= 0.3 is 0 Å². The molecule has 0 saturated heterocycles. The number of rotatable bonds is 3. The fraction of sp³-hybridized carbons (Fsp3) is 0.150. The fourth-order valence-electron chi connectivity index (χ4n) is 3.22. The van der Waals surface area contributed by atoms with Gasteiger partial charge in [-0.2, -0.15) is 5.26 Å². The van der Waals surface area contributed by atoms with Crippen molar-refractivity contribution in [2.45, 2.75) is 19.4 Å². The minimum atomic E-state index is 0.607. The molecule has 106 valence electrons. The van der Waals surface area contributed by atoms with Crippen molar-refractivity contribution in [2.24, 2.45) is 0 Å². The predicted octanol–water partition coefficient (Wildman–Crippen LogP) is 5.25. The van der Waals surface area contributed by atoms with E-state index in [2.05, 4.69) is 71.6 Å². The fourth-order valence-corrected chi connectivity index (χ4v) is 3.22. The van der Waals surface area contributed by atoms with Crippen molar-refractivity contribution in [3.8, 4) is 6.07 Å². The Bertz CT molecular complexity index is 1020. The van der Waals surface area contributed by atoms with Crippen LogP contribution in [-0.2, 0) is 6.54 Å². The van der Waals surface area contributed by atoms with Crippen molar-refractivity contribution >= 4 is 32.3 Å². The number of aryl methyl sites for hydroxylation is 1. The Morgan fingerprint density at radius 3 is 2.68 bits per heavy atom. The van der Waals surface area contributed by atoms with Gasteiger partial charge in [0.2, 0.25) is 0 Å². The molecule has 0 unspecified atom stereocenters. The lowest BCUT2D eigenvalue weighted by Gasteiger charge is -2.08. The van der Waals surface area contributed by atoms with Crippen LogP contribution in [0, 0.1) is 11.3 Å². The lowest BCUT2D eigenvalue weighted by molar-refractivity contribution is 0.653. The lowest BCUT2D eigenvalue weighted by Crippen LogP contribution is -1.97. The Morgan fingerprint density at radius 1 is 0.864 bits per heavy atom. The Morgan fingerprint density at radius 2 is 1.77 bits per heavy atom. The second-order valence-corrected chi connectivity index (χ2v) is 5.71. The van der Waals surface area contributed by atoms with Gasteiger partial charge in [0, 0.05) is 30.7 Å². The minimum absolute atomic E-state index is 0.607. The minimum Gasteiger partial charge on any atom is -0.354 e. The average Bonchev–Trinajstić information content (AvgIpc) is 2.94. The van der Waals surface area contributed by atoms with Gasteiger partial charge in [-0.3, -0.25) is 0 Å². The van der Waals surface area contributed by atoms with Crippen LogP contribution in [0.3, 0.4) is 0 Å². The van der Waals surface area contributed by atoms with Crippen LogP contribution in [0.1, 0.15) is 12.8 Å². The van der Waals surface area contributed by atoms with Crippen molar-refractivity contribution in [3.05, 3.63) is 60.9 Å². The normalized spacial score (nSPS) is 11.2. The maximum absolute atomic E-state index is 8.68. The van der Waals surface area contributed by atoms with E-state index in [1.54, 1.807) is 0 Å². The van der Waals surface area contributed by atoms with E-state index in [9.17, 15) is 0 Å². The summed E-state index contributed by atoms with van der Waals surface area (Å²) in [6, 6.07) is 19.6. The zero-order chi connectivity index (χ0) is 14.9. The monoisotopic (exact) mass is 284 g/mol. The maximum atomic E-state index is 8.68. The molecule has 0 bridgehead atoms. The van der Waals surface area contributed by atoms with E-state index < -0.39 is 0 Å². The summed E-state index contributed by atoms with van der Waals surface area (Å²) in [6.07, 6.45) is 5.82. The molecule has 2 heteroatoms. The summed E-state index contributed by atoms with van der Waals surface area (Å²) in [5.74, 6) is 0. The number of aromatic nitrogens is 1. The molecule has 0 N–H and O–H groups in total. The molecule has 0 amide bonds. The van der Waals surface area contributed by atoms with E-state index in [0.717, 1.165) is 13.0 Å². The van der Waals surface area contributed by atoms with Crippen molar-refractivity contribution < 1.29 is 0 Å². The van der Waals surface area contributed by atoms with E-state index in [0.29, 0.717) is 6.42 Å². The number of pyridine rings is 1. The quantitative estimate of drug-likeness (QED) is 0.472. The summed E-state index contributed by atoms with van der Waals surface area (Å²) in [6.45, 7) is 0.889. The van der Waals surface area contributed by atoms with Gasteiger partial charge in [0.05, 0.1) is 6.07 Å². The molecule has 1 heterocycles. The zero-order valence-electron chi connectivity index (χ0n) is 12.3. The second-order valence-electron chi connectivity index (χ2n) is 5.71. The third-order valence-corrected chi connectivity index (χ3v) is 4.32. The highest BCUT2D eigenvalue weighted by Crippen LogP contribution is 2.33. The van der Waals surface area contributed by atoms with E-state index in [-0.39, 0.29) is 0 Å². The van der Waals surface area contributed by atoms with Crippen molar-refractivity contribution in [1.82, 2.24) is 4.57 Å². The average molecular weight is 284 g/mol. The molecule has 0 spiro atoms. The van der Waals surface area contributed by atoms with E-state index in [1.807, 2.05) is 0 Å². The van der Waals surface area contributed by atoms with Crippen LogP contribution in [-0.4, -0.2) is 4.57 Å². The topological polar surface area (TPSA) is 28.7 Å². The van der Waals surface area contributed by atoms with Crippen molar-refractivity contribution in [1.29, 1.82) is 5.26 Å². The molecule has 1 aromatic heterocycles. The highest BCUT2D eigenvalue weighted by Gasteiger charge is 2.07. The van der Waals surface area contributed by atoms with Crippen LogP contribution in [0.25, 0.3) is 32.3 Å². The first-order valence-corrected chi connectivity index (χ1v) is 7.64. The Hall–Kier alpha value is -2.79. The summed E-state index contributed by atoms with van der Waals surface area (Å²) in [5.41, 5.74) is 0. The first-order chi connectivity index (χ1) is 10.9. The third-order valence-electron chi connectivity index (χ3n) is 4.32. The standard InChI is InChI=1S/C20H16N2/c21-10-3-4-11-22-12-9-15-7-8-18-17-6-2-1-5-16(17)13-19(18)20(15)14-22/h1-2,5-9,12-14H,3-4,11H2. The summed E-state index contributed by atoms with van der Waals surface area (Å²) < 4.78 is 2.19. The molecule has 0 radical (unpaired) electrons. The van der Waals surface area contributed by atoms with Gasteiger partial charge < -0.3 is 4.57 Å². The molecule has 0 saturated carbocycles. The largest absolute Gasteiger partial charge is 0.354 e. The molecule has 0 aliphatic heterocycles. The molecule has 2 nitrogen and oxygen atoms in total. The summed E-state index contributed by atoms with van der Waals surface area (Å²) in [4.78, 5) is 0. The molecule has 0 atom stereocenters. The van der Waals surface area contributed by atoms with Crippen LogP contribution in [0.2, 0.25) is 0 Å². The first kappa shape index (κ1) is 12.9. The van der Waals surface area contributed by atoms with Crippen molar-refractivity contribution in [2.75, 3.05) is 0 Å². The number of nitrogens with zero attached hydrogens (tertiary/aromatic N) is 2. The molecule has 4 rings (SSSR count). The Kier molecular flexibility index (Phi) is 3.05. The lowest BCUT2D eigenvalue weighted by atomic mass is 10.1. The molecule has 4 aromatic rings. The molecule has 0 aliphatic rings. The molecular formula is C20H16N2. The summed E-state index contributed by atoms with van der Waals surface area (Å²) in [7, 11) is 0. The number of unbranched alkanes of at least 4 members (excludes halogenated alkanes) is 1. The van der Waals surface area contributed by atoms with Gasteiger partial charge in [-0.05, 0) is 45.5 Å². The van der Waals surface area contributed by atoms with E-state index >= 15 is 0 Å². The molecule has 0 aliphatic carbocycles. The van der Waals surface area contributed by atoms with Gasteiger partial charge in [-0.1, -0.05) is 36.4 Å². The van der Waals surface area contributed by atoms with Crippen LogP contribution in [0.5, 0.6) is 0 Å². The highest BCUT2D eigenvalue weighted by molar-refractivity contribution is 6.20. The SMILES string of the molecule is N#CCCCn1ccc2ccc3c4ccccc4cc3c2c1. The van der Waals surface area contributed by atoms with Gasteiger partial charge in [0.25, 0.3) is 0 Å². The second kappa shape index (κ2) is 5.20. The van der Waals surface area contributed by atoms with Gasteiger partial charge in [-0.15, -0.1) is 0 Å². The first-order valence-electron chi connectivity index (χ1n) is 7.64. The number of hydrogen-bond donors (Lipinski definition) is 0. The molecular weight excluding hydrogens is 268 g/mol. The predicted molar refractivity (Wildman–Crippen MR) is 91.8 cm³/mol. The Balaban J connectivity index is 1.93. The zero-order valence-corrected chi connectivity index (χ0v) is 12.3. The van der Waals surface area contributed by atoms with Crippen LogP contribution < -0.4 is 0 Å². The van der Waals surface area contributed by atoms with Gasteiger partial charge in [0.1, 0.15) is 0 Å². The smallest absolute Gasteiger partial charge is 0.0622 e. The number of nitriles is 1. The number of benzene rings is 2. The maximum Gasteiger partial charge on any atom is 0.0622 e. The molecule has 22 heavy (non-hydrogen) atoms. The summed E-state index contributed by atoms with van der Waals surface area (Å²) >= 11 is 0. The van der Waals surface area contributed by atoms with Crippen LogP contribution >= 0.6 is 0 Å². The van der Waals surface area contributed by atoms with Crippen LogP contribution in [0.15, 0.2) is 60.9 Å². The van der Waals surface area contributed by atoms with Gasteiger partial charge in [0.15, 0.2) is 0 Å². The third kappa shape index (κ3) is 2.03. The van der Waals surface area contributed by atoms with E-state index in [1.165, 1.54) is 32.3 Å². The highest BCUT2D eigenvalue weighted by atomic mass is 14.9. The summed E-state index contributed by atoms with van der Waals surface area (Å²) in [5, 5.41) is 16.5. The van der Waals surface area contributed by atoms with Gasteiger partial charge in [-0.25, -0.2) is 0 Å². The Labute approximate surface area is 129 Å². The number of fused-ring (bicyclic) bond motifs is 5. The number of hydrogen-bond acceptors (Lipinski definition) is 1. The van der Waals surface area contributed by atoms with E-state index in [4.69, 9.17) is 5.26 Å². The molecule has 3 aromatic carbocycles. The van der Waals surface area contributed by atoms with Crippen molar-refractivity contribution in [3.63, 3.8) is 0 Å². The molecule has 0 fully saturated rings.